The van der Waals surface area contributed by atoms with Crippen molar-refractivity contribution in [3.05, 3.63) is 28.2 Å². The first-order valence-electron chi connectivity index (χ1n) is 8.66. The zero-order valence-electron chi connectivity index (χ0n) is 14.3. The lowest BCUT2D eigenvalue weighted by atomic mass is 9.90. The molecule has 0 bridgehead atoms. The van der Waals surface area contributed by atoms with Gasteiger partial charge in [-0.05, 0) is 43.9 Å². The normalized spacial score (nSPS) is 23.2. The summed E-state index contributed by atoms with van der Waals surface area (Å²) in [6, 6.07) is 5.19. The number of carbonyl (C=O) groups is 2. The average molecular weight is 384 g/mol. The van der Waals surface area contributed by atoms with E-state index in [1.165, 1.54) is 0 Å². The second-order valence-electron chi connectivity index (χ2n) is 7.05. The van der Waals surface area contributed by atoms with Crippen molar-refractivity contribution in [2.45, 2.75) is 32.2 Å². The zero-order valence-corrected chi connectivity index (χ0v) is 15.8. The topological polar surface area (TPSA) is 66.6 Å². The van der Waals surface area contributed by atoms with E-state index in [4.69, 9.17) is 28.9 Å². The minimum Gasteiger partial charge on any atom is -0.342 e. The summed E-state index contributed by atoms with van der Waals surface area (Å²) in [5.41, 5.74) is 6.61. The summed E-state index contributed by atoms with van der Waals surface area (Å²) >= 11 is 12.1. The van der Waals surface area contributed by atoms with Gasteiger partial charge in [-0.3, -0.25) is 9.59 Å². The second-order valence-corrected chi connectivity index (χ2v) is 7.93. The number of hydrogen-bond acceptors (Lipinski definition) is 3. The maximum absolute atomic E-state index is 12.8. The number of halogens is 2. The van der Waals surface area contributed by atoms with Crippen molar-refractivity contribution in [1.82, 2.24) is 4.90 Å². The van der Waals surface area contributed by atoms with Crippen LogP contribution in [0.5, 0.6) is 0 Å². The van der Waals surface area contributed by atoms with Crippen LogP contribution in [0.15, 0.2) is 18.2 Å². The standard InChI is InChI=1S/C18H23Cl2N3O2/c1-11(21)12-2-4-22(5-3-12)18(25)13-6-17(24)23(10-13)16-8-14(19)7-15(20)9-16/h7-9,11-13H,2-6,10,21H2,1H3. The van der Waals surface area contributed by atoms with Crippen LogP contribution in [-0.4, -0.2) is 42.4 Å². The fourth-order valence-electron chi connectivity index (χ4n) is 3.72. The number of nitrogens with zero attached hydrogens (tertiary/aromatic N) is 2. The summed E-state index contributed by atoms with van der Waals surface area (Å²) in [4.78, 5) is 28.7. The molecule has 2 N–H and O–H groups in total. The molecule has 0 aromatic heterocycles. The van der Waals surface area contributed by atoms with E-state index < -0.39 is 0 Å². The van der Waals surface area contributed by atoms with Crippen LogP contribution in [0.4, 0.5) is 5.69 Å². The Balaban J connectivity index is 1.65. The molecule has 2 amide bonds. The number of nitrogens with two attached hydrogens (primary N) is 1. The molecule has 2 heterocycles. The molecule has 25 heavy (non-hydrogen) atoms. The Morgan fingerprint density at radius 1 is 1.20 bits per heavy atom. The van der Waals surface area contributed by atoms with Crippen LogP contribution in [0.2, 0.25) is 10.0 Å². The van der Waals surface area contributed by atoms with Crippen molar-refractivity contribution in [3.8, 4) is 0 Å². The molecule has 2 aliphatic heterocycles. The van der Waals surface area contributed by atoms with Gasteiger partial charge >= 0.3 is 0 Å². The van der Waals surface area contributed by atoms with Crippen molar-refractivity contribution >= 4 is 40.7 Å². The molecule has 136 valence electrons. The zero-order chi connectivity index (χ0) is 18.1. The summed E-state index contributed by atoms with van der Waals surface area (Å²) in [5, 5.41) is 0.950. The maximum atomic E-state index is 12.8. The SMILES string of the molecule is CC(N)C1CCN(C(=O)C2CC(=O)N(c3cc(Cl)cc(Cl)c3)C2)CC1. The predicted octanol–water partition coefficient (Wildman–Crippen LogP) is 2.93. The van der Waals surface area contributed by atoms with Gasteiger partial charge in [-0.15, -0.1) is 0 Å². The Morgan fingerprint density at radius 3 is 2.36 bits per heavy atom. The predicted molar refractivity (Wildman–Crippen MR) is 99.9 cm³/mol. The Kier molecular flexibility index (Phi) is 5.56. The number of carbonyl (C=O) groups excluding carboxylic acids is 2. The van der Waals surface area contributed by atoms with E-state index in [2.05, 4.69) is 0 Å². The van der Waals surface area contributed by atoms with Crippen LogP contribution in [0.25, 0.3) is 0 Å². The number of piperidine rings is 1. The minimum atomic E-state index is -0.308. The summed E-state index contributed by atoms with van der Waals surface area (Å²) < 4.78 is 0. The molecule has 2 saturated heterocycles. The smallest absolute Gasteiger partial charge is 0.228 e. The molecule has 2 fully saturated rings. The van der Waals surface area contributed by atoms with Crippen LogP contribution in [0.3, 0.4) is 0 Å². The number of rotatable bonds is 3. The van der Waals surface area contributed by atoms with Crippen LogP contribution in [0.1, 0.15) is 26.2 Å². The van der Waals surface area contributed by atoms with Gasteiger partial charge in [-0.1, -0.05) is 23.2 Å². The van der Waals surface area contributed by atoms with Gasteiger partial charge in [-0.25, -0.2) is 0 Å². The molecule has 1 aromatic carbocycles. The fourth-order valence-corrected chi connectivity index (χ4v) is 4.24. The summed E-state index contributed by atoms with van der Waals surface area (Å²) in [5.74, 6) is 0.158. The van der Waals surface area contributed by atoms with Gasteiger partial charge in [0.1, 0.15) is 0 Å². The van der Waals surface area contributed by atoms with E-state index >= 15 is 0 Å². The highest BCUT2D eigenvalue weighted by Gasteiger charge is 2.38. The minimum absolute atomic E-state index is 0.0621. The number of benzene rings is 1. The monoisotopic (exact) mass is 383 g/mol. The Morgan fingerprint density at radius 2 is 1.80 bits per heavy atom. The average Bonchev–Trinajstić information content (AvgIpc) is 2.95. The van der Waals surface area contributed by atoms with Crippen molar-refractivity contribution in [2.75, 3.05) is 24.5 Å². The number of amides is 2. The number of likely N-dealkylation sites (tertiary alicyclic amines) is 1. The molecule has 2 atom stereocenters. The van der Waals surface area contributed by atoms with E-state index in [0.29, 0.717) is 28.2 Å². The molecule has 0 spiro atoms. The molecular weight excluding hydrogens is 361 g/mol. The van der Waals surface area contributed by atoms with Crippen molar-refractivity contribution in [2.24, 2.45) is 17.6 Å². The van der Waals surface area contributed by atoms with Gasteiger partial charge in [0.25, 0.3) is 0 Å². The van der Waals surface area contributed by atoms with Gasteiger partial charge in [0.15, 0.2) is 0 Å². The van der Waals surface area contributed by atoms with Crippen molar-refractivity contribution < 1.29 is 9.59 Å². The first kappa shape index (κ1) is 18.5. The van der Waals surface area contributed by atoms with Gasteiger partial charge in [-0.2, -0.15) is 0 Å². The molecule has 0 aliphatic carbocycles. The Hall–Kier alpha value is -1.30. The molecule has 1 aromatic rings. The number of hydrogen-bond donors (Lipinski definition) is 1. The molecular formula is C18H23Cl2N3O2. The lowest BCUT2D eigenvalue weighted by molar-refractivity contribution is -0.137. The first-order chi connectivity index (χ1) is 11.8. The third-order valence-corrected chi connectivity index (χ3v) is 5.66. The lowest BCUT2D eigenvalue weighted by Gasteiger charge is -2.35. The number of anilines is 1. The summed E-state index contributed by atoms with van der Waals surface area (Å²) in [6.45, 7) is 3.84. The third kappa shape index (κ3) is 4.10. The Labute approximate surface area is 158 Å². The van der Waals surface area contributed by atoms with Crippen molar-refractivity contribution in [1.29, 1.82) is 0 Å². The first-order valence-corrected chi connectivity index (χ1v) is 9.41. The van der Waals surface area contributed by atoms with Gasteiger partial charge in [0, 0.05) is 47.8 Å². The second kappa shape index (κ2) is 7.52. The van der Waals surface area contributed by atoms with Crippen LogP contribution < -0.4 is 10.6 Å². The molecule has 0 saturated carbocycles. The van der Waals surface area contributed by atoms with Crippen LogP contribution in [0, 0.1) is 11.8 Å². The summed E-state index contributed by atoms with van der Waals surface area (Å²) in [7, 11) is 0. The molecule has 2 aliphatic rings. The van der Waals surface area contributed by atoms with Crippen LogP contribution in [-0.2, 0) is 9.59 Å². The van der Waals surface area contributed by atoms with E-state index in [1.807, 2.05) is 11.8 Å². The van der Waals surface area contributed by atoms with Crippen molar-refractivity contribution in [3.63, 3.8) is 0 Å². The van der Waals surface area contributed by atoms with Gasteiger partial charge in [0.05, 0.1) is 5.92 Å². The highest BCUT2D eigenvalue weighted by molar-refractivity contribution is 6.35. The largest absolute Gasteiger partial charge is 0.342 e. The highest BCUT2D eigenvalue weighted by Crippen LogP contribution is 2.31. The quantitative estimate of drug-likeness (QED) is 0.872. The molecule has 0 radical (unpaired) electrons. The summed E-state index contributed by atoms with van der Waals surface area (Å²) in [6.07, 6.45) is 2.09. The van der Waals surface area contributed by atoms with E-state index in [9.17, 15) is 9.59 Å². The molecule has 3 rings (SSSR count). The Bertz CT molecular complexity index is 652. The van der Waals surface area contributed by atoms with Gasteiger partial charge < -0.3 is 15.5 Å². The molecule has 2 unspecified atom stereocenters. The van der Waals surface area contributed by atoms with E-state index in [1.54, 1.807) is 23.1 Å². The van der Waals surface area contributed by atoms with E-state index in [-0.39, 0.29) is 30.2 Å². The third-order valence-electron chi connectivity index (χ3n) is 5.23. The lowest BCUT2D eigenvalue weighted by Crippen LogP contribution is -2.45. The molecule has 7 heteroatoms. The van der Waals surface area contributed by atoms with Crippen LogP contribution >= 0.6 is 23.2 Å². The highest BCUT2D eigenvalue weighted by atomic mass is 35.5. The maximum Gasteiger partial charge on any atom is 0.228 e. The van der Waals surface area contributed by atoms with Gasteiger partial charge in [0.2, 0.25) is 11.8 Å². The molecule has 5 nitrogen and oxygen atoms in total. The van der Waals surface area contributed by atoms with E-state index in [0.717, 1.165) is 25.9 Å². The fraction of sp³-hybridized carbons (Fsp3) is 0.556.